The third kappa shape index (κ3) is 6.45. The highest BCUT2D eigenvalue weighted by atomic mass is 16.5. The van der Waals surface area contributed by atoms with Gasteiger partial charge < -0.3 is 14.8 Å². The van der Waals surface area contributed by atoms with Gasteiger partial charge in [-0.3, -0.25) is 4.79 Å². The molecule has 0 aliphatic carbocycles. The predicted octanol–water partition coefficient (Wildman–Crippen LogP) is 6.24. The Morgan fingerprint density at radius 2 is 1.34 bits per heavy atom. The largest absolute Gasteiger partial charge is 0.489 e. The van der Waals surface area contributed by atoms with E-state index < -0.39 is 5.97 Å². The first kappa shape index (κ1) is 23.5. The monoisotopic (exact) mass is 463 g/mol. The van der Waals surface area contributed by atoms with Gasteiger partial charge in [0.25, 0.3) is 5.91 Å². The van der Waals surface area contributed by atoms with Gasteiger partial charge in [0.15, 0.2) is 0 Å². The van der Waals surface area contributed by atoms with Crippen molar-refractivity contribution in [2.75, 3.05) is 19.0 Å². The van der Waals surface area contributed by atoms with Crippen molar-refractivity contribution in [3.63, 3.8) is 0 Å². The lowest BCUT2D eigenvalue weighted by Gasteiger charge is -2.12. The molecule has 0 aliphatic rings. The van der Waals surface area contributed by atoms with E-state index in [2.05, 4.69) is 17.4 Å². The molecule has 0 aliphatic heterocycles. The Kier molecular flexibility index (Phi) is 7.71. The number of carbonyl (C=O) groups is 2. The number of hydrogen-bond acceptors (Lipinski definition) is 4. The zero-order chi connectivity index (χ0) is 24.5. The summed E-state index contributed by atoms with van der Waals surface area (Å²) in [6.45, 7) is 0.0715. The van der Waals surface area contributed by atoms with Crippen LogP contribution in [0.4, 0.5) is 5.69 Å². The number of nitrogens with one attached hydrogen (secondary N) is 1. The molecule has 0 aromatic heterocycles. The molecule has 4 aromatic carbocycles. The van der Waals surface area contributed by atoms with Crippen LogP contribution in [0.5, 0.6) is 5.75 Å². The first-order valence-corrected chi connectivity index (χ1v) is 11.2. The first-order chi connectivity index (χ1) is 17.1. The molecule has 0 spiro atoms. The highest BCUT2D eigenvalue weighted by molar-refractivity contribution is 6.07. The summed E-state index contributed by atoms with van der Waals surface area (Å²) in [6.07, 6.45) is 1.75. The minimum atomic E-state index is -0.412. The zero-order valence-electron chi connectivity index (χ0n) is 19.3. The SMILES string of the molecule is COC(=O)c1ccc(C=C(COc2ccc(-c3ccccc3)cc2)C(=O)Nc2ccccc2)cc1. The number of carbonyl (C=O) groups excluding carboxylic acids is 2. The maximum Gasteiger partial charge on any atom is 0.337 e. The number of methoxy groups -OCH3 is 1. The normalized spacial score (nSPS) is 10.9. The minimum absolute atomic E-state index is 0.0715. The van der Waals surface area contributed by atoms with Crippen LogP contribution in [0.25, 0.3) is 17.2 Å². The Morgan fingerprint density at radius 1 is 0.743 bits per heavy atom. The zero-order valence-corrected chi connectivity index (χ0v) is 19.3. The second-order valence-corrected chi connectivity index (χ2v) is 7.78. The summed E-state index contributed by atoms with van der Waals surface area (Å²) in [5.74, 6) is -0.0249. The molecule has 1 N–H and O–H groups in total. The van der Waals surface area contributed by atoms with Gasteiger partial charge in [-0.25, -0.2) is 4.79 Å². The summed E-state index contributed by atoms with van der Waals surface area (Å²) in [5, 5.41) is 2.91. The fourth-order valence-electron chi connectivity index (χ4n) is 3.48. The lowest BCUT2D eigenvalue weighted by molar-refractivity contribution is -0.113. The van der Waals surface area contributed by atoms with Gasteiger partial charge in [0.05, 0.1) is 18.2 Å². The van der Waals surface area contributed by atoms with E-state index in [1.807, 2.05) is 72.8 Å². The average molecular weight is 464 g/mol. The van der Waals surface area contributed by atoms with Crippen molar-refractivity contribution >= 4 is 23.6 Å². The van der Waals surface area contributed by atoms with E-state index in [1.54, 1.807) is 30.3 Å². The van der Waals surface area contributed by atoms with Gasteiger partial charge >= 0.3 is 5.97 Å². The fraction of sp³-hybridized carbons (Fsp3) is 0.0667. The Hall–Kier alpha value is -4.64. The van der Waals surface area contributed by atoms with Crippen LogP contribution in [0.2, 0.25) is 0 Å². The third-order valence-electron chi connectivity index (χ3n) is 5.35. The van der Waals surface area contributed by atoms with E-state index >= 15 is 0 Å². The van der Waals surface area contributed by atoms with Gasteiger partial charge in [-0.05, 0) is 59.2 Å². The molecule has 0 bridgehead atoms. The molecule has 35 heavy (non-hydrogen) atoms. The maximum absolute atomic E-state index is 13.1. The number of rotatable bonds is 8. The number of amides is 1. The van der Waals surface area contributed by atoms with Crippen molar-refractivity contribution in [2.24, 2.45) is 0 Å². The predicted molar refractivity (Wildman–Crippen MR) is 138 cm³/mol. The quantitative estimate of drug-likeness (QED) is 0.248. The molecule has 0 saturated carbocycles. The minimum Gasteiger partial charge on any atom is -0.489 e. The van der Waals surface area contributed by atoms with Gasteiger partial charge in [-0.1, -0.05) is 72.8 Å². The molecular formula is C30H25NO4. The van der Waals surface area contributed by atoms with E-state index in [1.165, 1.54) is 7.11 Å². The Labute approximate surface area is 204 Å². The molecule has 0 unspecified atom stereocenters. The summed E-state index contributed by atoms with van der Waals surface area (Å²) in [4.78, 5) is 24.8. The smallest absolute Gasteiger partial charge is 0.337 e. The number of ether oxygens (including phenoxy) is 2. The highest BCUT2D eigenvalue weighted by Gasteiger charge is 2.12. The van der Waals surface area contributed by atoms with Crippen molar-refractivity contribution in [2.45, 2.75) is 0 Å². The molecule has 4 rings (SSSR count). The lowest BCUT2D eigenvalue weighted by atomic mass is 10.1. The van der Waals surface area contributed by atoms with E-state index in [4.69, 9.17) is 9.47 Å². The van der Waals surface area contributed by atoms with E-state index in [0.29, 0.717) is 22.6 Å². The molecular weight excluding hydrogens is 438 g/mol. The van der Waals surface area contributed by atoms with Crippen LogP contribution in [0.3, 0.4) is 0 Å². The van der Waals surface area contributed by atoms with E-state index in [9.17, 15) is 9.59 Å². The van der Waals surface area contributed by atoms with Crippen molar-refractivity contribution in [1.82, 2.24) is 0 Å². The van der Waals surface area contributed by atoms with Gasteiger partial charge in [0.2, 0.25) is 0 Å². The standard InChI is InChI=1S/C30H25NO4/c1-34-30(33)25-14-12-22(13-15-25)20-26(29(32)31-27-10-6-3-7-11-27)21-35-28-18-16-24(17-19-28)23-8-4-2-5-9-23/h2-20H,21H2,1H3,(H,31,32). The highest BCUT2D eigenvalue weighted by Crippen LogP contribution is 2.23. The van der Waals surface area contributed by atoms with Gasteiger partial charge in [-0.2, -0.15) is 0 Å². The molecule has 0 saturated heterocycles. The molecule has 0 atom stereocenters. The Balaban J connectivity index is 1.52. The van der Waals surface area contributed by atoms with Crippen molar-refractivity contribution in [3.05, 3.63) is 126 Å². The third-order valence-corrected chi connectivity index (χ3v) is 5.35. The van der Waals surface area contributed by atoms with Crippen LogP contribution < -0.4 is 10.1 Å². The number of esters is 1. The topological polar surface area (TPSA) is 64.6 Å². The number of anilines is 1. The Bertz CT molecular complexity index is 1300. The molecule has 174 valence electrons. The molecule has 0 radical (unpaired) electrons. The number of para-hydroxylation sites is 1. The van der Waals surface area contributed by atoms with Crippen LogP contribution in [0, 0.1) is 0 Å². The van der Waals surface area contributed by atoms with Crippen LogP contribution >= 0.6 is 0 Å². The molecule has 0 fully saturated rings. The van der Waals surface area contributed by atoms with Crippen LogP contribution in [-0.4, -0.2) is 25.6 Å². The number of benzene rings is 4. The van der Waals surface area contributed by atoms with Gasteiger partial charge in [0, 0.05) is 5.69 Å². The molecule has 5 heteroatoms. The van der Waals surface area contributed by atoms with Crippen molar-refractivity contribution < 1.29 is 19.1 Å². The second kappa shape index (κ2) is 11.5. The summed E-state index contributed by atoms with van der Waals surface area (Å²) in [7, 11) is 1.34. The van der Waals surface area contributed by atoms with E-state index in [0.717, 1.165) is 16.7 Å². The average Bonchev–Trinajstić information content (AvgIpc) is 2.92. The van der Waals surface area contributed by atoms with Crippen LogP contribution in [0.1, 0.15) is 15.9 Å². The van der Waals surface area contributed by atoms with Crippen LogP contribution in [-0.2, 0) is 9.53 Å². The van der Waals surface area contributed by atoms with Crippen molar-refractivity contribution in [1.29, 1.82) is 0 Å². The van der Waals surface area contributed by atoms with Gasteiger partial charge in [-0.15, -0.1) is 0 Å². The summed E-state index contributed by atoms with van der Waals surface area (Å²) in [5.41, 5.74) is 4.54. The molecule has 1 amide bonds. The Morgan fingerprint density at radius 3 is 1.97 bits per heavy atom. The van der Waals surface area contributed by atoms with Crippen molar-refractivity contribution in [3.8, 4) is 16.9 Å². The maximum atomic E-state index is 13.1. The summed E-state index contributed by atoms with van der Waals surface area (Å²) in [6, 6.07) is 33.9. The molecule has 0 heterocycles. The summed E-state index contributed by atoms with van der Waals surface area (Å²) >= 11 is 0. The first-order valence-electron chi connectivity index (χ1n) is 11.2. The lowest BCUT2D eigenvalue weighted by Crippen LogP contribution is -2.19. The van der Waals surface area contributed by atoms with E-state index in [-0.39, 0.29) is 12.5 Å². The molecule has 5 nitrogen and oxygen atoms in total. The van der Waals surface area contributed by atoms with Crippen LogP contribution in [0.15, 0.2) is 115 Å². The van der Waals surface area contributed by atoms with Gasteiger partial charge in [0.1, 0.15) is 12.4 Å². The fourth-order valence-corrected chi connectivity index (χ4v) is 3.48. The number of hydrogen-bond donors (Lipinski definition) is 1. The molecule has 4 aromatic rings. The summed E-state index contributed by atoms with van der Waals surface area (Å²) < 4.78 is 10.7. The second-order valence-electron chi connectivity index (χ2n) is 7.78.